The Hall–Kier alpha value is -0.0400. The molecule has 2 aliphatic carbocycles. The Morgan fingerprint density at radius 2 is 1.75 bits per heavy atom. The third-order valence-corrected chi connectivity index (χ3v) is 6.03. The summed E-state index contributed by atoms with van der Waals surface area (Å²) in [5.74, 6) is 3.31. The van der Waals surface area contributed by atoms with E-state index >= 15 is 0 Å². The summed E-state index contributed by atoms with van der Waals surface area (Å²) in [6.45, 7) is 9.53. The van der Waals surface area contributed by atoms with Crippen LogP contribution >= 0.6 is 0 Å². The number of fused-ring (bicyclic) bond motifs is 1. The number of rotatable bonds is 0. The molecule has 16 heavy (non-hydrogen) atoms. The van der Waals surface area contributed by atoms with Crippen LogP contribution in [0.2, 0.25) is 0 Å². The molecule has 1 saturated heterocycles. The molecule has 3 fully saturated rings. The van der Waals surface area contributed by atoms with Crippen LogP contribution < -0.4 is 0 Å². The van der Waals surface area contributed by atoms with Crippen molar-refractivity contribution in [1.29, 1.82) is 0 Å². The molecule has 0 aromatic rings. The summed E-state index contributed by atoms with van der Waals surface area (Å²) in [5.41, 5.74) is 0.390. The molecule has 2 saturated carbocycles. The zero-order valence-corrected chi connectivity index (χ0v) is 11.3. The van der Waals surface area contributed by atoms with Crippen molar-refractivity contribution in [1.82, 2.24) is 0 Å². The van der Waals surface area contributed by atoms with Crippen LogP contribution in [0, 0.1) is 23.7 Å². The Morgan fingerprint density at radius 1 is 1.00 bits per heavy atom. The van der Waals surface area contributed by atoms with Crippen LogP contribution in [-0.4, -0.2) is 11.2 Å². The van der Waals surface area contributed by atoms with Crippen molar-refractivity contribution in [3.63, 3.8) is 0 Å². The summed E-state index contributed by atoms with van der Waals surface area (Å²) in [6.07, 6.45) is 6.95. The molecular formula is C15H26O. The molecule has 5 atom stereocenters. The van der Waals surface area contributed by atoms with Gasteiger partial charge in [0, 0.05) is 0 Å². The third kappa shape index (κ3) is 1.27. The van der Waals surface area contributed by atoms with Crippen molar-refractivity contribution in [3.05, 3.63) is 0 Å². The topological polar surface area (TPSA) is 9.23 Å². The Morgan fingerprint density at radius 3 is 2.50 bits per heavy atom. The molecule has 1 aliphatic heterocycles. The number of hydrogen-bond donors (Lipinski definition) is 0. The van der Waals surface area contributed by atoms with E-state index in [4.69, 9.17) is 4.74 Å². The van der Waals surface area contributed by atoms with Gasteiger partial charge in [-0.3, -0.25) is 0 Å². The van der Waals surface area contributed by atoms with E-state index in [1.165, 1.54) is 32.1 Å². The lowest BCUT2D eigenvalue weighted by molar-refractivity contribution is -0.145. The highest BCUT2D eigenvalue weighted by Gasteiger charge is 2.61. The van der Waals surface area contributed by atoms with Crippen molar-refractivity contribution >= 4 is 0 Å². The van der Waals surface area contributed by atoms with Gasteiger partial charge in [-0.2, -0.15) is 0 Å². The molecule has 1 heterocycles. The minimum Gasteiger partial charge on any atom is -0.368 e. The van der Waals surface area contributed by atoms with Gasteiger partial charge in [0.1, 0.15) is 0 Å². The van der Waals surface area contributed by atoms with Crippen molar-refractivity contribution in [2.45, 2.75) is 71.0 Å². The van der Waals surface area contributed by atoms with Crippen LogP contribution in [0.4, 0.5) is 0 Å². The zero-order chi connectivity index (χ0) is 11.6. The molecular weight excluding hydrogens is 196 g/mol. The van der Waals surface area contributed by atoms with Crippen LogP contribution in [-0.2, 0) is 4.74 Å². The van der Waals surface area contributed by atoms with E-state index in [1.54, 1.807) is 0 Å². The van der Waals surface area contributed by atoms with Crippen molar-refractivity contribution < 1.29 is 4.74 Å². The lowest BCUT2D eigenvalue weighted by Gasteiger charge is -2.40. The Kier molecular flexibility index (Phi) is 2.25. The lowest BCUT2D eigenvalue weighted by Crippen LogP contribution is -2.43. The number of hydrogen-bond acceptors (Lipinski definition) is 1. The fraction of sp³-hybridized carbons (Fsp3) is 1.00. The molecule has 0 N–H and O–H groups in total. The van der Waals surface area contributed by atoms with Crippen LogP contribution in [0.25, 0.3) is 0 Å². The average molecular weight is 222 g/mol. The molecule has 1 spiro atoms. The van der Waals surface area contributed by atoms with E-state index in [0.717, 1.165) is 23.7 Å². The number of ether oxygens (including phenoxy) is 1. The average Bonchev–Trinajstić information content (AvgIpc) is 2.57. The first-order valence-electron chi connectivity index (χ1n) is 7.16. The van der Waals surface area contributed by atoms with E-state index in [-0.39, 0.29) is 11.2 Å². The van der Waals surface area contributed by atoms with Crippen LogP contribution in [0.5, 0.6) is 0 Å². The lowest BCUT2D eigenvalue weighted by atomic mass is 9.77. The van der Waals surface area contributed by atoms with Crippen LogP contribution in [0.3, 0.4) is 0 Å². The predicted molar refractivity (Wildman–Crippen MR) is 66.3 cm³/mol. The second-order valence-corrected chi connectivity index (χ2v) is 7.20. The first kappa shape index (κ1) is 11.1. The summed E-state index contributed by atoms with van der Waals surface area (Å²) in [6, 6.07) is 0. The summed E-state index contributed by atoms with van der Waals surface area (Å²) in [5, 5.41) is 0. The third-order valence-electron chi connectivity index (χ3n) is 6.03. The van der Waals surface area contributed by atoms with Gasteiger partial charge in [-0.1, -0.05) is 13.8 Å². The van der Waals surface area contributed by atoms with Crippen molar-refractivity contribution in [2.75, 3.05) is 0 Å². The van der Waals surface area contributed by atoms with Crippen molar-refractivity contribution in [3.8, 4) is 0 Å². The normalized spacial score (nSPS) is 54.8. The standard InChI is InChI=1S/C15H26O/c1-10-5-7-12-9-15(16-14(12,3)4)11(2)6-8-13(10)15/h10-13H,5-9H2,1-4H3/t10-,11-,12+,13+,15-/m1/s1. The molecule has 0 aromatic carbocycles. The maximum Gasteiger partial charge on any atom is 0.0749 e. The molecule has 1 nitrogen and oxygen atoms in total. The maximum atomic E-state index is 6.65. The minimum atomic E-state index is 0.136. The van der Waals surface area contributed by atoms with Crippen LogP contribution in [0.1, 0.15) is 59.8 Å². The van der Waals surface area contributed by atoms with Crippen LogP contribution in [0.15, 0.2) is 0 Å². The summed E-state index contributed by atoms with van der Waals surface area (Å²) in [7, 11) is 0. The maximum absolute atomic E-state index is 6.65. The first-order chi connectivity index (χ1) is 7.46. The van der Waals surface area contributed by atoms with Gasteiger partial charge in [-0.25, -0.2) is 0 Å². The molecule has 3 aliphatic rings. The molecule has 0 radical (unpaired) electrons. The Labute approximate surface area is 99.9 Å². The SMILES string of the molecule is C[C@@H]1CC[C@H]2C[C@@]3(OC2(C)C)[C@H](C)CC[C@@H]13. The van der Waals surface area contributed by atoms with Gasteiger partial charge < -0.3 is 4.74 Å². The van der Waals surface area contributed by atoms with Gasteiger partial charge in [-0.15, -0.1) is 0 Å². The van der Waals surface area contributed by atoms with Crippen molar-refractivity contribution in [2.24, 2.45) is 23.7 Å². The van der Waals surface area contributed by atoms with E-state index in [1.807, 2.05) is 0 Å². The van der Waals surface area contributed by atoms with E-state index < -0.39 is 0 Å². The summed E-state index contributed by atoms with van der Waals surface area (Å²) in [4.78, 5) is 0. The molecule has 3 rings (SSSR count). The zero-order valence-electron chi connectivity index (χ0n) is 11.3. The highest BCUT2D eigenvalue weighted by Crippen LogP contribution is 2.61. The molecule has 0 aromatic heterocycles. The predicted octanol–water partition coefficient (Wildman–Crippen LogP) is 4.02. The van der Waals surface area contributed by atoms with Gasteiger partial charge >= 0.3 is 0 Å². The molecule has 92 valence electrons. The highest BCUT2D eigenvalue weighted by atomic mass is 16.5. The molecule has 1 heteroatoms. The van der Waals surface area contributed by atoms with Gasteiger partial charge in [-0.05, 0) is 69.6 Å². The largest absolute Gasteiger partial charge is 0.368 e. The van der Waals surface area contributed by atoms with E-state index in [9.17, 15) is 0 Å². The summed E-state index contributed by atoms with van der Waals surface area (Å²) < 4.78 is 6.65. The highest BCUT2D eigenvalue weighted by molar-refractivity contribution is 5.10. The van der Waals surface area contributed by atoms with Gasteiger partial charge in [0.15, 0.2) is 0 Å². The fourth-order valence-electron chi connectivity index (χ4n) is 4.94. The first-order valence-corrected chi connectivity index (χ1v) is 7.16. The fourth-order valence-corrected chi connectivity index (χ4v) is 4.94. The van der Waals surface area contributed by atoms with E-state index in [0.29, 0.717) is 0 Å². The summed E-state index contributed by atoms with van der Waals surface area (Å²) >= 11 is 0. The molecule has 0 amide bonds. The smallest absolute Gasteiger partial charge is 0.0749 e. The minimum absolute atomic E-state index is 0.136. The van der Waals surface area contributed by atoms with Gasteiger partial charge in [0.2, 0.25) is 0 Å². The second kappa shape index (κ2) is 3.25. The quantitative estimate of drug-likeness (QED) is 0.601. The molecule has 2 bridgehead atoms. The van der Waals surface area contributed by atoms with Gasteiger partial charge in [0.25, 0.3) is 0 Å². The van der Waals surface area contributed by atoms with Gasteiger partial charge in [0.05, 0.1) is 11.2 Å². The Balaban J connectivity index is 2.01. The monoisotopic (exact) mass is 222 g/mol. The Bertz CT molecular complexity index is 296. The molecule has 0 unspecified atom stereocenters. The van der Waals surface area contributed by atoms with E-state index in [2.05, 4.69) is 27.7 Å². The second-order valence-electron chi connectivity index (χ2n) is 7.20.